The van der Waals surface area contributed by atoms with Crippen molar-refractivity contribution in [2.45, 2.75) is 85.5 Å². The van der Waals surface area contributed by atoms with Crippen molar-refractivity contribution in [3.8, 4) is 0 Å². The summed E-state index contributed by atoms with van der Waals surface area (Å²) >= 11 is 0. The van der Waals surface area contributed by atoms with Gasteiger partial charge < -0.3 is 11.1 Å². The lowest BCUT2D eigenvalue weighted by molar-refractivity contribution is -0.121. The molecule has 0 bridgehead atoms. The van der Waals surface area contributed by atoms with Crippen LogP contribution < -0.4 is 11.1 Å². The molecule has 0 aromatic heterocycles. The molecule has 0 saturated heterocycles. The number of hydrogen-bond acceptors (Lipinski definition) is 2. The second kappa shape index (κ2) is 12.0. The topological polar surface area (TPSA) is 55.1 Å². The van der Waals surface area contributed by atoms with Gasteiger partial charge in [0.15, 0.2) is 0 Å². The Morgan fingerprint density at radius 3 is 2.24 bits per heavy atom. The highest BCUT2D eigenvalue weighted by atomic mass is 16.1. The van der Waals surface area contributed by atoms with E-state index in [0.29, 0.717) is 18.9 Å². The Hall–Kier alpha value is -0.570. The van der Waals surface area contributed by atoms with E-state index in [1.54, 1.807) is 0 Å². The molecule has 3 heteroatoms. The maximum Gasteiger partial charge on any atom is 0.220 e. The molecule has 1 atom stereocenters. The van der Waals surface area contributed by atoms with Crippen LogP contribution in [0, 0.1) is 11.3 Å². The fourth-order valence-corrected chi connectivity index (χ4v) is 2.74. The van der Waals surface area contributed by atoms with Gasteiger partial charge in [-0.2, -0.15) is 0 Å². The Morgan fingerprint density at radius 1 is 1.05 bits per heavy atom. The van der Waals surface area contributed by atoms with Crippen LogP contribution in [0.25, 0.3) is 0 Å². The lowest BCUT2D eigenvalue weighted by Gasteiger charge is -2.30. The zero-order valence-corrected chi connectivity index (χ0v) is 14.8. The molecule has 0 radical (unpaired) electrons. The number of rotatable bonds is 12. The van der Waals surface area contributed by atoms with E-state index >= 15 is 0 Å². The highest BCUT2D eigenvalue weighted by molar-refractivity contribution is 5.75. The summed E-state index contributed by atoms with van der Waals surface area (Å²) in [6, 6.07) is 0. The second-order valence-corrected chi connectivity index (χ2v) is 7.30. The van der Waals surface area contributed by atoms with E-state index in [-0.39, 0.29) is 11.3 Å². The van der Waals surface area contributed by atoms with E-state index in [1.165, 1.54) is 32.1 Å². The summed E-state index contributed by atoms with van der Waals surface area (Å²) in [5.74, 6) is 0.733. The van der Waals surface area contributed by atoms with Gasteiger partial charge in [0.05, 0.1) is 0 Å². The molecule has 3 nitrogen and oxygen atoms in total. The van der Waals surface area contributed by atoms with Crippen molar-refractivity contribution >= 4 is 5.91 Å². The van der Waals surface area contributed by atoms with E-state index in [9.17, 15) is 4.79 Å². The van der Waals surface area contributed by atoms with Gasteiger partial charge in [0.1, 0.15) is 0 Å². The summed E-state index contributed by atoms with van der Waals surface area (Å²) in [7, 11) is 0. The van der Waals surface area contributed by atoms with Gasteiger partial charge in [0.25, 0.3) is 0 Å². The molecule has 0 fully saturated rings. The molecule has 1 amide bonds. The molecule has 21 heavy (non-hydrogen) atoms. The van der Waals surface area contributed by atoms with Crippen LogP contribution >= 0.6 is 0 Å². The minimum absolute atomic E-state index is 0.204. The van der Waals surface area contributed by atoms with Crippen LogP contribution in [0.5, 0.6) is 0 Å². The third kappa shape index (κ3) is 11.7. The zero-order valence-electron chi connectivity index (χ0n) is 14.8. The van der Waals surface area contributed by atoms with Gasteiger partial charge in [-0.05, 0) is 37.1 Å². The molecule has 0 aromatic carbocycles. The predicted octanol–water partition coefficient (Wildman–Crippen LogP) is 4.25. The van der Waals surface area contributed by atoms with E-state index < -0.39 is 0 Å². The fraction of sp³-hybridized carbons (Fsp3) is 0.944. The van der Waals surface area contributed by atoms with E-state index in [4.69, 9.17) is 5.73 Å². The Morgan fingerprint density at radius 2 is 1.67 bits per heavy atom. The van der Waals surface area contributed by atoms with Gasteiger partial charge in [-0.25, -0.2) is 0 Å². The van der Waals surface area contributed by atoms with Gasteiger partial charge in [-0.15, -0.1) is 0 Å². The largest absolute Gasteiger partial charge is 0.356 e. The number of unbranched alkanes of at least 4 members (excludes halogenated alkanes) is 5. The maximum atomic E-state index is 11.9. The molecule has 0 aliphatic heterocycles. The number of hydrogen-bond donors (Lipinski definition) is 2. The lowest BCUT2D eigenvalue weighted by Crippen LogP contribution is -2.28. The average molecular weight is 299 g/mol. The van der Waals surface area contributed by atoms with Gasteiger partial charge in [0, 0.05) is 13.0 Å². The van der Waals surface area contributed by atoms with Crippen molar-refractivity contribution < 1.29 is 4.79 Å². The monoisotopic (exact) mass is 298 g/mol. The highest BCUT2D eigenvalue weighted by Crippen LogP contribution is 2.31. The van der Waals surface area contributed by atoms with Crippen molar-refractivity contribution in [1.82, 2.24) is 5.32 Å². The molecule has 3 N–H and O–H groups in total. The summed E-state index contributed by atoms with van der Waals surface area (Å²) < 4.78 is 0. The Bertz CT molecular complexity index is 258. The van der Waals surface area contributed by atoms with Crippen molar-refractivity contribution in [3.63, 3.8) is 0 Å². The molecule has 0 saturated carbocycles. The summed E-state index contributed by atoms with van der Waals surface area (Å²) in [5, 5.41) is 3.05. The molecule has 0 aromatic rings. The smallest absolute Gasteiger partial charge is 0.220 e. The molecule has 1 unspecified atom stereocenters. The molecule has 0 aliphatic rings. The number of amides is 1. The quantitative estimate of drug-likeness (QED) is 0.529. The van der Waals surface area contributed by atoms with Crippen LogP contribution in [-0.4, -0.2) is 19.0 Å². The number of carbonyl (C=O) groups is 1. The highest BCUT2D eigenvalue weighted by Gasteiger charge is 2.24. The third-order valence-corrected chi connectivity index (χ3v) is 4.31. The molecule has 0 rings (SSSR count). The Labute approximate surface area is 132 Å². The summed E-state index contributed by atoms with van der Waals surface area (Å²) in [4.78, 5) is 11.9. The lowest BCUT2D eigenvalue weighted by atomic mass is 9.76. The summed E-state index contributed by atoms with van der Waals surface area (Å²) in [6.45, 7) is 10.5. The molecule has 126 valence electrons. The van der Waals surface area contributed by atoms with Gasteiger partial charge in [-0.3, -0.25) is 4.79 Å². The Kier molecular flexibility index (Phi) is 11.7. The minimum Gasteiger partial charge on any atom is -0.356 e. The molecule has 0 spiro atoms. The molecular weight excluding hydrogens is 260 g/mol. The first-order chi connectivity index (χ1) is 9.91. The van der Waals surface area contributed by atoms with Crippen LogP contribution in [-0.2, 0) is 4.79 Å². The number of nitrogens with one attached hydrogen (secondary N) is 1. The second-order valence-electron chi connectivity index (χ2n) is 7.30. The van der Waals surface area contributed by atoms with Crippen LogP contribution in [0.1, 0.15) is 85.5 Å². The predicted molar refractivity (Wildman–Crippen MR) is 92.2 cm³/mol. The minimum atomic E-state index is 0.204. The first-order valence-electron chi connectivity index (χ1n) is 8.88. The van der Waals surface area contributed by atoms with Crippen molar-refractivity contribution in [2.75, 3.05) is 13.1 Å². The summed E-state index contributed by atoms with van der Waals surface area (Å²) in [6.07, 6.45) is 10.2. The van der Waals surface area contributed by atoms with Crippen LogP contribution in [0.4, 0.5) is 0 Å². The van der Waals surface area contributed by atoms with Gasteiger partial charge >= 0.3 is 0 Å². The van der Waals surface area contributed by atoms with Gasteiger partial charge in [0.2, 0.25) is 5.91 Å². The van der Waals surface area contributed by atoms with Crippen LogP contribution in [0.3, 0.4) is 0 Å². The van der Waals surface area contributed by atoms with Crippen LogP contribution in [0.2, 0.25) is 0 Å². The SMILES string of the molecule is CCCCCCCCNC(=O)CCC(CCN)C(C)(C)C. The fourth-order valence-electron chi connectivity index (χ4n) is 2.74. The van der Waals surface area contributed by atoms with Crippen molar-refractivity contribution in [1.29, 1.82) is 0 Å². The third-order valence-electron chi connectivity index (χ3n) is 4.31. The zero-order chi connectivity index (χ0) is 16.1. The molecule has 0 aliphatic carbocycles. The van der Waals surface area contributed by atoms with E-state index in [2.05, 4.69) is 33.0 Å². The van der Waals surface area contributed by atoms with Crippen molar-refractivity contribution in [2.24, 2.45) is 17.1 Å². The van der Waals surface area contributed by atoms with E-state index in [0.717, 1.165) is 25.8 Å². The Balaban J connectivity index is 3.69. The van der Waals surface area contributed by atoms with Crippen molar-refractivity contribution in [3.05, 3.63) is 0 Å². The molecule has 0 heterocycles. The number of nitrogens with two attached hydrogens (primary N) is 1. The first-order valence-corrected chi connectivity index (χ1v) is 8.88. The summed E-state index contributed by atoms with van der Waals surface area (Å²) in [5.41, 5.74) is 5.92. The normalized spacial score (nSPS) is 13.2. The standard InChI is InChI=1S/C18H38N2O/c1-5-6-7-8-9-10-15-20-17(21)12-11-16(13-14-19)18(2,3)4/h16H,5-15,19H2,1-4H3,(H,20,21). The van der Waals surface area contributed by atoms with E-state index in [1.807, 2.05) is 0 Å². The molecular formula is C18H38N2O. The maximum absolute atomic E-state index is 11.9. The first kappa shape index (κ1) is 20.4. The van der Waals surface area contributed by atoms with Gasteiger partial charge in [-0.1, -0.05) is 59.8 Å². The average Bonchev–Trinajstić information content (AvgIpc) is 2.41. The number of carbonyl (C=O) groups excluding carboxylic acids is 1. The van der Waals surface area contributed by atoms with Crippen LogP contribution in [0.15, 0.2) is 0 Å².